The summed E-state index contributed by atoms with van der Waals surface area (Å²) in [4.78, 5) is 0. The first kappa shape index (κ1) is 23.0. The molecule has 0 aliphatic carbocycles. The topological polar surface area (TPSA) is 36.9 Å². The fourth-order valence-electron chi connectivity index (χ4n) is 6.87. The van der Waals surface area contributed by atoms with Gasteiger partial charge in [-0.1, -0.05) is 61.8 Å². The number of hydrogen-bond donors (Lipinski definition) is 0. The highest BCUT2D eigenvalue weighted by atomic mass is 16.8. The third kappa shape index (κ3) is 4.00. The van der Waals surface area contributed by atoms with Gasteiger partial charge >= 0.3 is 0 Å². The first-order chi connectivity index (χ1) is 14.1. The quantitative estimate of drug-likeness (QED) is 0.531. The second-order valence-electron chi connectivity index (χ2n) is 12.0. The molecular weight excluding hydrogens is 376 g/mol. The van der Waals surface area contributed by atoms with Gasteiger partial charge < -0.3 is 18.9 Å². The van der Waals surface area contributed by atoms with E-state index in [2.05, 4.69) is 55.4 Å². The Bertz CT molecular complexity index is 606. The molecule has 4 fully saturated rings. The van der Waals surface area contributed by atoms with Gasteiger partial charge in [-0.3, -0.25) is 0 Å². The van der Waals surface area contributed by atoms with Crippen LogP contribution in [0.5, 0.6) is 0 Å². The van der Waals surface area contributed by atoms with E-state index in [0.29, 0.717) is 41.6 Å². The monoisotopic (exact) mass is 422 g/mol. The Balaban J connectivity index is 1.51. The second kappa shape index (κ2) is 8.32. The molecule has 0 unspecified atom stereocenters. The highest BCUT2D eigenvalue weighted by Gasteiger charge is 2.60. The van der Waals surface area contributed by atoms with Gasteiger partial charge in [0.05, 0.1) is 23.9 Å². The Hall–Kier alpha value is -0.160. The molecule has 0 aromatic heterocycles. The molecule has 0 radical (unpaired) electrons. The van der Waals surface area contributed by atoms with Crippen molar-refractivity contribution < 1.29 is 18.9 Å². The summed E-state index contributed by atoms with van der Waals surface area (Å²) in [6, 6.07) is 0. The molecule has 0 bridgehead atoms. The molecule has 1 spiro atoms. The van der Waals surface area contributed by atoms with Crippen LogP contribution in [0.3, 0.4) is 0 Å². The van der Waals surface area contributed by atoms with Crippen molar-refractivity contribution in [3.8, 4) is 0 Å². The highest BCUT2D eigenvalue weighted by Crippen LogP contribution is 2.54. The van der Waals surface area contributed by atoms with Crippen LogP contribution >= 0.6 is 0 Å². The Morgan fingerprint density at radius 2 is 1.60 bits per heavy atom. The van der Waals surface area contributed by atoms with Crippen LogP contribution in [0.25, 0.3) is 0 Å². The van der Waals surface area contributed by atoms with E-state index in [0.717, 1.165) is 38.5 Å². The zero-order valence-corrected chi connectivity index (χ0v) is 20.6. The predicted octanol–water partition coefficient (Wildman–Crippen LogP) is 6.17. The summed E-state index contributed by atoms with van der Waals surface area (Å²) in [7, 11) is 0. The summed E-state index contributed by atoms with van der Waals surface area (Å²) in [6.45, 7) is 18.5. The SMILES string of the molecule is CC[C@H](C)[C@@H]1C[C@@H]2[C@H](O1)O[C@@]1(C[C@@H]2C)C[C@H](C)[C@@H]2O[C@](CC(C)C)(C(C)C)C[C@@H]2O1. The molecular formula is C26H46O4. The fourth-order valence-corrected chi connectivity index (χ4v) is 6.87. The lowest BCUT2D eigenvalue weighted by Gasteiger charge is -2.50. The fraction of sp³-hybridized carbons (Fsp3) is 1.00. The van der Waals surface area contributed by atoms with Crippen LogP contribution in [0.15, 0.2) is 0 Å². The van der Waals surface area contributed by atoms with Gasteiger partial charge in [0.1, 0.15) is 0 Å². The number of fused-ring (bicyclic) bond motifs is 2. The molecule has 4 heterocycles. The zero-order chi connectivity index (χ0) is 21.8. The van der Waals surface area contributed by atoms with Crippen LogP contribution in [-0.4, -0.2) is 36.0 Å². The van der Waals surface area contributed by atoms with Gasteiger partial charge in [-0.2, -0.15) is 0 Å². The maximum Gasteiger partial charge on any atom is 0.172 e. The highest BCUT2D eigenvalue weighted by molar-refractivity contribution is 5.04. The first-order valence-corrected chi connectivity index (χ1v) is 12.8. The molecule has 174 valence electrons. The lowest BCUT2D eigenvalue weighted by atomic mass is 9.76. The lowest BCUT2D eigenvalue weighted by Crippen LogP contribution is -2.57. The minimum atomic E-state index is -0.500. The smallest absolute Gasteiger partial charge is 0.172 e. The van der Waals surface area contributed by atoms with E-state index < -0.39 is 5.79 Å². The zero-order valence-electron chi connectivity index (χ0n) is 20.6. The molecule has 4 aliphatic heterocycles. The van der Waals surface area contributed by atoms with Crippen molar-refractivity contribution >= 4 is 0 Å². The predicted molar refractivity (Wildman–Crippen MR) is 119 cm³/mol. The number of hydrogen-bond acceptors (Lipinski definition) is 4. The molecule has 4 rings (SSSR count). The third-order valence-corrected chi connectivity index (χ3v) is 8.79. The Kier molecular flexibility index (Phi) is 6.38. The Labute approximate surface area is 184 Å². The van der Waals surface area contributed by atoms with Crippen molar-refractivity contribution in [3.63, 3.8) is 0 Å². The standard InChI is InChI=1S/C26H46O4/c1-9-17(6)21-10-20-18(7)12-26(30-24(20)27-21)13-19(8)23-22(28-26)14-25(29-23,16(4)5)11-15(2)3/h15-24H,9-14H2,1-8H3/t17-,18-,19-,20-,21-,22-,23-,24+,25-,26-/m0/s1. The van der Waals surface area contributed by atoms with Crippen LogP contribution in [0.1, 0.15) is 93.9 Å². The van der Waals surface area contributed by atoms with Crippen molar-refractivity contribution in [1.82, 2.24) is 0 Å². The number of ether oxygens (including phenoxy) is 4. The summed E-state index contributed by atoms with van der Waals surface area (Å²) in [5.74, 6) is 2.70. The van der Waals surface area contributed by atoms with Crippen LogP contribution in [0.2, 0.25) is 0 Å². The summed E-state index contributed by atoms with van der Waals surface area (Å²) in [6.07, 6.45) is 6.81. The molecule has 30 heavy (non-hydrogen) atoms. The van der Waals surface area contributed by atoms with Gasteiger partial charge in [0, 0.05) is 25.2 Å². The van der Waals surface area contributed by atoms with Gasteiger partial charge in [0.15, 0.2) is 12.1 Å². The largest absolute Gasteiger partial charge is 0.368 e. The molecule has 4 heteroatoms. The molecule has 10 atom stereocenters. The van der Waals surface area contributed by atoms with E-state index in [1.54, 1.807) is 0 Å². The van der Waals surface area contributed by atoms with Crippen molar-refractivity contribution in [2.45, 2.75) is 130 Å². The van der Waals surface area contributed by atoms with E-state index >= 15 is 0 Å². The van der Waals surface area contributed by atoms with Crippen LogP contribution in [0.4, 0.5) is 0 Å². The van der Waals surface area contributed by atoms with E-state index in [-0.39, 0.29) is 24.1 Å². The van der Waals surface area contributed by atoms with E-state index in [1.165, 1.54) is 0 Å². The normalized spacial score (nSPS) is 49.6. The molecule has 0 aromatic rings. The van der Waals surface area contributed by atoms with Gasteiger partial charge in [-0.05, 0) is 42.4 Å². The molecule has 0 aromatic carbocycles. The molecule has 0 N–H and O–H groups in total. The second-order valence-corrected chi connectivity index (χ2v) is 12.0. The van der Waals surface area contributed by atoms with Gasteiger partial charge in [-0.15, -0.1) is 0 Å². The van der Waals surface area contributed by atoms with Crippen molar-refractivity contribution in [2.24, 2.45) is 35.5 Å². The summed E-state index contributed by atoms with van der Waals surface area (Å²) in [5.41, 5.74) is -0.0718. The maximum absolute atomic E-state index is 6.87. The average Bonchev–Trinajstić information content (AvgIpc) is 3.23. The van der Waals surface area contributed by atoms with E-state index in [4.69, 9.17) is 18.9 Å². The maximum atomic E-state index is 6.87. The minimum Gasteiger partial charge on any atom is -0.368 e. The van der Waals surface area contributed by atoms with Gasteiger partial charge in [0.2, 0.25) is 0 Å². The Morgan fingerprint density at radius 1 is 0.900 bits per heavy atom. The molecule has 0 amide bonds. The average molecular weight is 423 g/mol. The molecule has 4 aliphatic rings. The van der Waals surface area contributed by atoms with Crippen LogP contribution in [-0.2, 0) is 18.9 Å². The van der Waals surface area contributed by atoms with Crippen molar-refractivity contribution in [2.75, 3.05) is 0 Å². The van der Waals surface area contributed by atoms with Gasteiger partial charge in [0.25, 0.3) is 0 Å². The lowest BCUT2D eigenvalue weighted by molar-refractivity contribution is -0.378. The van der Waals surface area contributed by atoms with E-state index in [1.807, 2.05) is 0 Å². The van der Waals surface area contributed by atoms with Crippen LogP contribution in [0, 0.1) is 35.5 Å². The molecule has 0 saturated carbocycles. The Morgan fingerprint density at radius 3 is 2.23 bits per heavy atom. The summed E-state index contributed by atoms with van der Waals surface area (Å²) < 4.78 is 26.9. The van der Waals surface area contributed by atoms with Crippen molar-refractivity contribution in [3.05, 3.63) is 0 Å². The third-order valence-electron chi connectivity index (χ3n) is 8.79. The minimum absolute atomic E-state index is 0.0718. The van der Waals surface area contributed by atoms with Crippen LogP contribution < -0.4 is 0 Å². The molecule has 4 nitrogen and oxygen atoms in total. The van der Waals surface area contributed by atoms with Gasteiger partial charge in [-0.25, -0.2) is 0 Å². The number of rotatable bonds is 5. The van der Waals surface area contributed by atoms with E-state index in [9.17, 15) is 0 Å². The first-order valence-electron chi connectivity index (χ1n) is 12.8. The van der Waals surface area contributed by atoms with Crippen molar-refractivity contribution in [1.29, 1.82) is 0 Å². The summed E-state index contributed by atoms with van der Waals surface area (Å²) >= 11 is 0. The molecule has 4 saturated heterocycles. The summed E-state index contributed by atoms with van der Waals surface area (Å²) in [5, 5.41) is 0.